The van der Waals surface area contributed by atoms with E-state index in [4.69, 9.17) is 0 Å². The normalized spacial score (nSPS) is 28.5. The fourth-order valence-corrected chi connectivity index (χ4v) is 4.09. The van der Waals surface area contributed by atoms with Gasteiger partial charge in [-0.05, 0) is 43.4 Å². The van der Waals surface area contributed by atoms with Crippen molar-refractivity contribution in [2.75, 3.05) is 18.1 Å². The third-order valence-electron chi connectivity index (χ3n) is 4.26. The van der Waals surface area contributed by atoms with Crippen molar-refractivity contribution >= 4 is 11.8 Å². The Morgan fingerprint density at radius 2 is 2.11 bits per heavy atom. The maximum Gasteiger partial charge on any atom is 0.0869 e. The lowest BCUT2D eigenvalue weighted by atomic mass is 9.98. The molecular weight excluding hydrogens is 254 g/mol. The molecule has 2 N–H and O–H groups in total. The lowest BCUT2D eigenvalue weighted by Crippen LogP contribution is -2.42. The molecule has 1 aliphatic carbocycles. The van der Waals surface area contributed by atoms with Crippen LogP contribution in [0.3, 0.4) is 0 Å². The monoisotopic (exact) mass is 277 g/mol. The Labute approximate surface area is 120 Å². The summed E-state index contributed by atoms with van der Waals surface area (Å²) in [7, 11) is 0. The van der Waals surface area contributed by atoms with Crippen LogP contribution < -0.4 is 5.32 Å². The zero-order valence-corrected chi connectivity index (χ0v) is 12.4. The van der Waals surface area contributed by atoms with Crippen molar-refractivity contribution in [1.82, 2.24) is 5.32 Å². The number of thioether (sulfide) groups is 1. The molecule has 3 heteroatoms. The Bertz CT molecular complexity index is 421. The number of aliphatic hydroxyl groups is 1. The van der Waals surface area contributed by atoms with Crippen LogP contribution in [0.2, 0.25) is 0 Å². The highest BCUT2D eigenvalue weighted by Crippen LogP contribution is 2.41. The third kappa shape index (κ3) is 3.33. The molecule has 1 heterocycles. The molecule has 0 radical (unpaired) electrons. The first kappa shape index (κ1) is 13.5. The number of aryl methyl sites for hydroxylation is 1. The van der Waals surface area contributed by atoms with Crippen LogP contribution in [0.1, 0.15) is 36.4 Å². The average Bonchev–Trinajstić information content (AvgIpc) is 3.14. The molecule has 0 bridgehead atoms. The molecule has 3 rings (SSSR count). The van der Waals surface area contributed by atoms with Crippen LogP contribution >= 0.6 is 11.8 Å². The second kappa shape index (κ2) is 5.47. The Morgan fingerprint density at radius 1 is 1.37 bits per heavy atom. The van der Waals surface area contributed by atoms with E-state index in [1.54, 1.807) is 0 Å². The van der Waals surface area contributed by atoms with E-state index >= 15 is 0 Å². The minimum absolute atomic E-state index is 0.426. The van der Waals surface area contributed by atoms with Gasteiger partial charge in [-0.1, -0.05) is 29.8 Å². The van der Waals surface area contributed by atoms with E-state index in [9.17, 15) is 5.11 Å². The van der Waals surface area contributed by atoms with Crippen LogP contribution in [0.15, 0.2) is 24.3 Å². The van der Waals surface area contributed by atoms with E-state index in [1.807, 2.05) is 11.8 Å². The molecule has 2 nitrogen and oxygen atoms in total. The summed E-state index contributed by atoms with van der Waals surface area (Å²) in [6, 6.07) is 9.27. The maximum atomic E-state index is 10.5. The van der Waals surface area contributed by atoms with Gasteiger partial charge in [0.15, 0.2) is 0 Å². The van der Waals surface area contributed by atoms with Crippen LogP contribution in [-0.2, 0) is 0 Å². The predicted octanol–water partition coefficient (Wildman–Crippen LogP) is 2.90. The van der Waals surface area contributed by atoms with Gasteiger partial charge >= 0.3 is 0 Å². The molecule has 1 saturated carbocycles. The van der Waals surface area contributed by atoms with E-state index in [1.165, 1.54) is 24.0 Å². The smallest absolute Gasteiger partial charge is 0.0869 e. The van der Waals surface area contributed by atoms with Crippen molar-refractivity contribution in [3.63, 3.8) is 0 Å². The second-order valence-corrected chi connectivity index (χ2v) is 7.24. The predicted molar refractivity (Wildman–Crippen MR) is 81.5 cm³/mol. The van der Waals surface area contributed by atoms with Gasteiger partial charge in [-0.15, -0.1) is 0 Å². The van der Waals surface area contributed by atoms with Gasteiger partial charge in [0.2, 0.25) is 0 Å². The van der Waals surface area contributed by atoms with E-state index in [0.29, 0.717) is 6.04 Å². The van der Waals surface area contributed by atoms with Crippen molar-refractivity contribution in [1.29, 1.82) is 0 Å². The van der Waals surface area contributed by atoms with Crippen LogP contribution in [0, 0.1) is 12.8 Å². The summed E-state index contributed by atoms with van der Waals surface area (Å²) in [6.07, 6.45) is 3.56. The Balaban J connectivity index is 1.66. The van der Waals surface area contributed by atoms with Gasteiger partial charge in [-0.2, -0.15) is 11.8 Å². The van der Waals surface area contributed by atoms with Gasteiger partial charge < -0.3 is 10.4 Å². The highest BCUT2D eigenvalue weighted by Gasteiger charge is 2.36. The van der Waals surface area contributed by atoms with Crippen LogP contribution in [0.25, 0.3) is 0 Å². The SMILES string of the molecule is Cc1ccc(C(NCC2(O)CCSC2)C2CC2)cc1. The number of benzene rings is 1. The van der Waals surface area contributed by atoms with E-state index in [-0.39, 0.29) is 0 Å². The Morgan fingerprint density at radius 3 is 2.68 bits per heavy atom. The molecule has 19 heavy (non-hydrogen) atoms. The zero-order chi connectivity index (χ0) is 13.3. The molecule has 0 amide bonds. The van der Waals surface area contributed by atoms with Crippen molar-refractivity contribution < 1.29 is 5.11 Å². The molecule has 2 atom stereocenters. The largest absolute Gasteiger partial charge is 0.388 e. The van der Waals surface area contributed by atoms with Crippen LogP contribution in [0.5, 0.6) is 0 Å². The minimum Gasteiger partial charge on any atom is -0.388 e. The van der Waals surface area contributed by atoms with Crippen LogP contribution in [0.4, 0.5) is 0 Å². The van der Waals surface area contributed by atoms with E-state index < -0.39 is 5.60 Å². The summed E-state index contributed by atoms with van der Waals surface area (Å²) in [6.45, 7) is 2.86. The number of hydrogen-bond acceptors (Lipinski definition) is 3. The summed E-state index contributed by atoms with van der Waals surface area (Å²) >= 11 is 1.86. The molecular formula is C16H23NOS. The first-order valence-corrected chi connectivity index (χ1v) is 8.42. The van der Waals surface area contributed by atoms with Crippen LogP contribution in [-0.4, -0.2) is 28.8 Å². The fourth-order valence-electron chi connectivity index (χ4n) is 2.80. The lowest BCUT2D eigenvalue weighted by molar-refractivity contribution is 0.0636. The summed E-state index contributed by atoms with van der Waals surface area (Å²) < 4.78 is 0. The summed E-state index contributed by atoms with van der Waals surface area (Å²) in [5, 5.41) is 14.1. The van der Waals surface area contributed by atoms with Gasteiger partial charge in [-0.3, -0.25) is 0 Å². The average molecular weight is 277 g/mol. The summed E-state index contributed by atoms with van der Waals surface area (Å²) in [4.78, 5) is 0. The number of rotatable bonds is 5. The summed E-state index contributed by atoms with van der Waals surface area (Å²) in [5.41, 5.74) is 2.20. The van der Waals surface area contributed by atoms with E-state index in [2.05, 4.69) is 36.5 Å². The van der Waals surface area contributed by atoms with Gasteiger partial charge in [0, 0.05) is 18.3 Å². The van der Waals surface area contributed by atoms with Gasteiger partial charge in [0.25, 0.3) is 0 Å². The second-order valence-electron chi connectivity index (χ2n) is 6.13. The van der Waals surface area contributed by atoms with Gasteiger partial charge in [-0.25, -0.2) is 0 Å². The standard InChI is InChI=1S/C16H23NOS/c1-12-2-4-13(5-3-12)15(14-6-7-14)17-10-16(18)8-9-19-11-16/h2-5,14-15,17-18H,6-11H2,1H3. The quantitative estimate of drug-likeness (QED) is 0.868. The Hall–Kier alpha value is -0.510. The lowest BCUT2D eigenvalue weighted by Gasteiger charge is -2.26. The molecule has 104 valence electrons. The Kier molecular flexibility index (Phi) is 3.88. The van der Waals surface area contributed by atoms with Crippen molar-refractivity contribution in [3.8, 4) is 0 Å². The molecule has 2 unspecified atom stereocenters. The zero-order valence-electron chi connectivity index (χ0n) is 11.6. The molecule has 2 aliphatic rings. The fraction of sp³-hybridized carbons (Fsp3) is 0.625. The number of hydrogen-bond donors (Lipinski definition) is 2. The topological polar surface area (TPSA) is 32.3 Å². The van der Waals surface area contributed by atoms with Crippen molar-refractivity contribution in [3.05, 3.63) is 35.4 Å². The third-order valence-corrected chi connectivity index (χ3v) is 5.50. The molecule has 0 spiro atoms. The first-order chi connectivity index (χ1) is 9.16. The molecule has 1 aliphatic heterocycles. The van der Waals surface area contributed by atoms with Gasteiger partial charge in [0.1, 0.15) is 0 Å². The summed E-state index contributed by atoms with van der Waals surface area (Å²) in [5.74, 6) is 2.74. The molecule has 1 aromatic rings. The van der Waals surface area contributed by atoms with Crippen molar-refractivity contribution in [2.24, 2.45) is 5.92 Å². The minimum atomic E-state index is -0.484. The maximum absolute atomic E-state index is 10.5. The van der Waals surface area contributed by atoms with Crippen molar-refractivity contribution in [2.45, 2.75) is 37.8 Å². The highest BCUT2D eigenvalue weighted by atomic mass is 32.2. The van der Waals surface area contributed by atoms with Gasteiger partial charge in [0.05, 0.1) is 5.60 Å². The molecule has 0 aromatic heterocycles. The van der Waals surface area contributed by atoms with E-state index in [0.717, 1.165) is 30.4 Å². The molecule has 1 aromatic carbocycles. The number of nitrogens with one attached hydrogen (secondary N) is 1. The first-order valence-electron chi connectivity index (χ1n) is 7.26. The molecule has 2 fully saturated rings. The molecule has 1 saturated heterocycles. The highest BCUT2D eigenvalue weighted by molar-refractivity contribution is 7.99.